The minimum absolute atomic E-state index is 0.625. The molecule has 0 aromatic carbocycles. The molecule has 0 fully saturated rings. The summed E-state index contributed by atoms with van der Waals surface area (Å²) in [7, 11) is 2.15. The van der Waals surface area contributed by atoms with Crippen molar-refractivity contribution < 1.29 is 0 Å². The molecule has 1 aliphatic heterocycles. The molecule has 3 nitrogen and oxygen atoms in total. The van der Waals surface area contributed by atoms with Gasteiger partial charge >= 0.3 is 0 Å². The fourth-order valence-corrected chi connectivity index (χ4v) is 1.80. The van der Waals surface area contributed by atoms with Gasteiger partial charge in [0, 0.05) is 24.9 Å². The summed E-state index contributed by atoms with van der Waals surface area (Å²) >= 11 is 1.82. The molecule has 0 bridgehead atoms. The molecule has 76 valence electrons. The van der Waals surface area contributed by atoms with Gasteiger partial charge in [0.05, 0.1) is 6.54 Å². The molecule has 4 heteroatoms. The van der Waals surface area contributed by atoms with Gasteiger partial charge in [0.1, 0.15) is 0 Å². The van der Waals surface area contributed by atoms with Crippen molar-refractivity contribution in [3.8, 4) is 0 Å². The van der Waals surface area contributed by atoms with Gasteiger partial charge in [0.15, 0.2) is 5.17 Å². The third-order valence-corrected chi connectivity index (χ3v) is 3.14. The Labute approximate surface area is 85.0 Å². The van der Waals surface area contributed by atoms with Crippen molar-refractivity contribution in [2.24, 2.45) is 4.99 Å². The van der Waals surface area contributed by atoms with Crippen LogP contribution >= 0.6 is 11.8 Å². The topological polar surface area (TPSA) is 27.6 Å². The molecule has 0 spiro atoms. The fourth-order valence-electron chi connectivity index (χ4n) is 1.04. The number of rotatable bonds is 4. The number of aliphatic imine (C=N–C) groups is 1. The average Bonchev–Trinajstić information content (AvgIpc) is 2.56. The Hall–Kier alpha value is -0.220. The number of nitrogens with zero attached hydrogens (tertiary/aromatic N) is 2. The van der Waals surface area contributed by atoms with Gasteiger partial charge < -0.3 is 10.2 Å². The number of hydrogen-bond donors (Lipinski definition) is 1. The second-order valence-corrected chi connectivity index (χ2v) is 4.62. The zero-order valence-corrected chi connectivity index (χ0v) is 9.52. The SMILES string of the molecule is CC(C)N(C)CCNC1=NCCS1. The first-order valence-electron chi connectivity index (χ1n) is 4.81. The van der Waals surface area contributed by atoms with Crippen molar-refractivity contribution in [1.82, 2.24) is 10.2 Å². The lowest BCUT2D eigenvalue weighted by atomic mass is 10.3. The van der Waals surface area contributed by atoms with Crippen molar-refractivity contribution in [1.29, 1.82) is 0 Å². The van der Waals surface area contributed by atoms with E-state index in [0.29, 0.717) is 6.04 Å². The maximum atomic E-state index is 4.33. The summed E-state index contributed by atoms with van der Waals surface area (Å²) in [4.78, 5) is 6.65. The van der Waals surface area contributed by atoms with E-state index in [4.69, 9.17) is 0 Å². The number of thioether (sulfide) groups is 1. The third kappa shape index (κ3) is 4.00. The van der Waals surface area contributed by atoms with Crippen LogP contribution in [0.4, 0.5) is 0 Å². The van der Waals surface area contributed by atoms with Crippen LogP contribution in [0, 0.1) is 0 Å². The largest absolute Gasteiger partial charge is 0.364 e. The van der Waals surface area contributed by atoms with Gasteiger partial charge in [0.25, 0.3) is 0 Å². The van der Waals surface area contributed by atoms with E-state index in [9.17, 15) is 0 Å². The average molecular weight is 201 g/mol. The smallest absolute Gasteiger partial charge is 0.156 e. The summed E-state index contributed by atoms with van der Waals surface area (Å²) in [6, 6.07) is 0.625. The maximum Gasteiger partial charge on any atom is 0.156 e. The maximum absolute atomic E-state index is 4.33. The second-order valence-electron chi connectivity index (χ2n) is 3.54. The highest BCUT2D eigenvalue weighted by atomic mass is 32.2. The van der Waals surface area contributed by atoms with Gasteiger partial charge in [-0.25, -0.2) is 0 Å². The Bertz CT molecular complexity index is 180. The van der Waals surface area contributed by atoms with Crippen molar-refractivity contribution in [2.75, 3.05) is 32.4 Å². The van der Waals surface area contributed by atoms with E-state index >= 15 is 0 Å². The highest BCUT2D eigenvalue weighted by molar-refractivity contribution is 8.14. The van der Waals surface area contributed by atoms with Gasteiger partial charge in [-0.2, -0.15) is 0 Å². The molecule has 0 radical (unpaired) electrons. The van der Waals surface area contributed by atoms with Crippen LogP contribution < -0.4 is 5.32 Å². The molecule has 0 amide bonds. The molecule has 0 aromatic rings. The Morgan fingerprint density at radius 3 is 2.92 bits per heavy atom. The Kier molecular flexibility index (Phi) is 4.59. The summed E-state index contributed by atoms with van der Waals surface area (Å²) in [5, 5.41) is 4.46. The third-order valence-electron chi connectivity index (χ3n) is 2.21. The summed E-state index contributed by atoms with van der Waals surface area (Å²) in [6.07, 6.45) is 0. The van der Waals surface area contributed by atoms with E-state index in [-0.39, 0.29) is 0 Å². The lowest BCUT2D eigenvalue weighted by molar-refractivity contribution is 0.278. The zero-order chi connectivity index (χ0) is 9.68. The van der Waals surface area contributed by atoms with Gasteiger partial charge in [-0.3, -0.25) is 4.99 Å². The molecule has 1 rings (SSSR count). The van der Waals surface area contributed by atoms with Crippen LogP contribution in [0.5, 0.6) is 0 Å². The van der Waals surface area contributed by atoms with Gasteiger partial charge in [-0.05, 0) is 20.9 Å². The molecular weight excluding hydrogens is 182 g/mol. The Balaban J connectivity index is 2.06. The molecule has 13 heavy (non-hydrogen) atoms. The van der Waals surface area contributed by atoms with Crippen molar-refractivity contribution in [2.45, 2.75) is 19.9 Å². The molecule has 0 aliphatic carbocycles. The zero-order valence-electron chi connectivity index (χ0n) is 8.71. The van der Waals surface area contributed by atoms with Crippen LogP contribution in [0.1, 0.15) is 13.8 Å². The van der Waals surface area contributed by atoms with Crippen LogP contribution in [0.3, 0.4) is 0 Å². The monoisotopic (exact) mass is 201 g/mol. The van der Waals surface area contributed by atoms with E-state index in [1.165, 1.54) is 0 Å². The highest BCUT2D eigenvalue weighted by Gasteiger charge is 2.06. The second kappa shape index (κ2) is 5.50. The first-order chi connectivity index (χ1) is 6.20. The fraction of sp³-hybridized carbons (Fsp3) is 0.889. The molecule has 0 aromatic heterocycles. The molecule has 0 saturated carbocycles. The number of likely N-dealkylation sites (N-methyl/N-ethyl adjacent to an activating group) is 1. The normalized spacial score (nSPS) is 16.8. The summed E-state index contributed by atoms with van der Waals surface area (Å²) in [5.41, 5.74) is 0. The van der Waals surface area contributed by atoms with E-state index < -0.39 is 0 Å². The number of amidine groups is 1. The van der Waals surface area contributed by atoms with E-state index in [0.717, 1.165) is 30.6 Å². The molecule has 0 saturated heterocycles. The van der Waals surface area contributed by atoms with Crippen molar-refractivity contribution >= 4 is 16.9 Å². The van der Waals surface area contributed by atoms with Gasteiger partial charge in [0.2, 0.25) is 0 Å². The molecule has 1 N–H and O–H groups in total. The summed E-state index contributed by atoms with van der Waals surface area (Å²) < 4.78 is 0. The van der Waals surface area contributed by atoms with E-state index in [2.05, 4.69) is 36.1 Å². The summed E-state index contributed by atoms with van der Waals surface area (Å²) in [6.45, 7) is 7.48. The minimum Gasteiger partial charge on any atom is -0.364 e. The quantitative estimate of drug-likeness (QED) is 0.736. The lowest BCUT2D eigenvalue weighted by Gasteiger charge is -2.20. The minimum atomic E-state index is 0.625. The first kappa shape index (κ1) is 10.9. The van der Waals surface area contributed by atoms with E-state index in [1.54, 1.807) is 0 Å². The molecule has 1 aliphatic rings. The predicted octanol–water partition coefficient (Wildman–Crippen LogP) is 1.02. The van der Waals surface area contributed by atoms with Crippen LogP contribution in [-0.2, 0) is 0 Å². The first-order valence-corrected chi connectivity index (χ1v) is 5.80. The van der Waals surface area contributed by atoms with Crippen LogP contribution in [0.2, 0.25) is 0 Å². The molecule has 0 atom stereocenters. The van der Waals surface area contributed by atoms with E-state index in [1.807, 2.05) is 11.8 Å². The van der Waals surface area contributed by atoms with Crippen molar-refractivity contribution in [3.05, 3.63) is 0 Å². The molecule has 0 unspecified atom stereocenters. The van der Waals surface area contributed by atoms with Gasteiger partial charge in [-0.1, -0.05) is 11.8 Å². The van der Waals surface area contributed by atoms with Crippen molar-refractivity contribution in [3.63, 3.8) is 0 Å². The van der Waals surface area contributed by atoms with Crippen LogP contribution in [-0.4, -0.2) is 48.5 Å². The van der Waals surface area contributed by atoms with Crippen LogP contribution in [0.25, 0.3) is 0 Å². The number of nitrogens with one attached hydrogen (secondary N) is 1. The Morgan fingerprint density at radius 2 is 2.38 bits per heavy atom. The summed E-state index contributed by atoms with van der Waals surface area (Å²) in [5.74, 6) is 1.14. The van der Waals surface area contributed by atoms with Gasteiger partial charge in [-0.15, -0.1) is 0 Å². The number of hydrogen-bond acceptors (Lipinski definition) is 4. The highest BCUT2D eigenvalue weighted by Crippen LogP contribution is 2.08. The molecular formula is C9H19N3S. The lowest BCUT2D eigenvalue weighted by Crippen LogP contribution is -2.35. The standard InChI is InChI=1S/C9H19N3S/c1-8(2)12(3)6-4-10-9-11-5-7-13-9/h8H,4-7H2,1-3H3,(H,10,11). The predicted molar refractivity (Wildman–Crippen MR) is 60.5 cm³/mol. The van der Waals surface area contributed by atoms with Crippen LogP contribution in [0.15, 0.2) is 4.99 Å². The Morgan fingerprint density at radius 1 is 1.62 bits per heavy atom. The molecule has 1 heterocycles.